The number of nitrogens with one attached hydrogen (secondary N) is 1. The number of nitrogens with zero attached hydrogens (tertiary/aromatic N) is 1. The van der Waals surface area contributed by atoms with E-state index in [9.17, 15) is 4.79 Å². The summed E-state index contributed by atoms with van der Waals surface area (Å²) in [5, 5.41) is 2.84. The summed E-state index contributed by atoms with van der Waals surface area (Å²) in [6.45, 7) is 0.454. The number of aromatic nitrogens is 1. The van der Waals surface area contributed by atoms with Gasteiger partial charge in [-0.25, -0.2) is 0 Å². The largest absolute Gasteiger partial charge is 0.497 e. The highest BCUT2D eigenvalue weighted by molar-refractivity contribution is 5.78. The van der Waals surface area contributed by atoms with Gasteiger partial charge in [-0.05, 0) is 29.8 Å². The summed E-state index contributed by atoms with van der Waals surface area (Å²) in [6, 6.07) is 13.1. The van der Waals surface area contributed by atoms with Crippen LogP contribution in [0.5, 0.6) is 5.75 Å². The highest BCUT2D eigenvalue weighted by atomic mass is 16.5. The third-order valence-electron chi connectivity index (χ3n) is 2.72. The van der Waals surface area contributed by atoms with Gasteiger partial charge in [0.25, 0.3) is 0 Å². The van der Waals surface area contributed by atoms with Crippen molar-refractivity contribution in [3.8, 4) is 5.75 Å². The number of benzene rings is 1. The second kappa shape index (κ2) is 6.54. The summed E-state index contributed by atoms with van der Waals surface area (Å²) in [5.41, 5.74) is 1.81. The van der Waals surface area contributed by atoms with Crippen molar-refractivity contribution in [2.75, 3.05) is 7.11 Å². The number of hydrogen-bond donors (Lipinski definition) is 1. The van der Waals surface area contributed by atoms with Gasteiger partial charge >= 0.3 is 0 Å². The van der Waals surface area contributed by atoms with Gasteiger partial charge in [0, 0.05) is 6.20 Å². The van der Waals surface area contributed by atoms with E-state index in [1.54, 1.807) is 13.3 Å². The van der Waals surface area contributed by atoms with Crippen LogP contribution in [0.2, 0.25) is 0 Å². The SMILES string of the molecule is COc1ccc(CC(=O)NCc2ccccn2)cc1. The molecule has 4 nitrogen and oxygen atoms in total. The minimum absolute atomic E-state index is 0.0178. The Morgan fingerprint density at radius 3 is 2.63 bits per heavy atom. The molecule has 0 bridgehead atoms. The molecule has 0 radical (unpaired) electrons. The number of pyridine rings is 1. The summed E-state index contributed by atoms with van der Waals surface area (Å²) in [5.74, 6) is 0.772. The molecule has 0 saturated heterocycles. The minimum atomic E-state index is -0.0178. The average molecular weight is 256 g/mol. The van der Waals surface area contributed by atoms with E-state index in [0.29, 0.717) is 13.0 Å². The van der Waals surface area contributed by atoms with Gasteiger partial charge < -0.3 is 10.1 Å². The van der Waals surface area contributed by atoms with Crippen molar-refractivity contribution in [1.82, 2.24) is 10.3 Å². The van der Waals surface area contributed by atoms with E-state index in [0.717, 1.165) is 17.0 Å². The zero-order valence-corrected chi connectivity index (χ0v) is 10.8. The van der Waals surface area contributed by atoms with Crippen molar-refractivity contribution in [2.24, 2.45) is 0 Å². The Bertz CT molecular complexity index is 524. The van der Waals surface area contributed by atoms with Crippen LogP contribution in [0.3, 0.4) is 0 Å². The molecule has 1 N–H and O–H groups in total. The fourth-order valence-corrected chi connectivity index (χ4v) is 1.68. The van der Waals surface area contributed by atoms with Crippen molar-refractivity contribution in [3.63, 3.8) is 0 Å². The summed E-state index contributed by atoms with van der Waals surface area (Å²) < 4.78 is 5.07. The lowest BCUT2D eigenvalue weighted by molar-refractivity contribution is -0.120. The van der Waals surface area contributed by atoms with Gasteiger partial charge in [0.2, 0.25) is 5.91 Å². The smallest absolute Gasteiger partial charge is 0.224 e. The first kappa shape index (κ1) is 13.1. The number of carbonyl (C=O) groups excluding carboxylic acids is 1. The lowest BCUT2D eigenvalue weighted by atomic mass is 10.1. The van der Waals surface area contributed by atoms with Crippen molar-refractivity contribution in [1.29, 1.82) is 0 Å². The topological polar surface area (TPSA) is 51.2 Å². The third kappa shape index (κ3) is 4.10. The Morgan fingerprint density at radius 1 is 1.21 bits per heavy atom. The van der Waals surface area contributed by atoms with E-state index in [1.807, 2.05) is 42.5 Å². The van der Waals surface area contributed by atoms with Crippen LogP contribution in [-0.2, 0) is 17.8 Å². The Morgan fingerprint density at radius 2 is 2.00 bits per heavy atom. The van der Waals surface area contributed by atoms with Gasteiger partial charge in [-0.3, -0.25) is 9.78 Å². The summed E-state index contributed by atoms with van der Waals surface area (Å²) >= 11 is 0. The molecular formula is C15H16N2O2. The van der Waals surface area contributed by atoms with Crippen LogP contribution in [0.15, 0.2) is 48.7 Å². The number of amides is 1. The molecule has 0 aliphatic heterocycles. The summed E-state index contributed by atoms with van der Waals surface area (Å²) in [7, 11) is 1.62. The Hall–Kier alpha value is -2.36. The highest BCUT2D eigenvalue weighted by Crippen LogP contribution is 2.11. The van der Waals surface area contributed by atoms with Crippen molar-refractivity contribution in [3.05, 3.63) is 59.9 Å². The van der Waals surface area contributed by atoms with Crippen LogP contribution in [0.1, 0.15) is 11.3 Å². The fraction of sp³-hybridized carbons (Fsp3) is 0.200. The average Bonchev–Trinajstić information content (AvgIpc) is 2.47. The summed E-state index contributed by atoms with van der Waals surface area (Å²) in [4.78, 5) is 15.9. The van der Waals surface area contributed by atoms with Gasteiger partial charge in [0.15, 0.2) is 0 Å². The minimum Gasteiger partial charge on any atom is -0.497 e. The lowest BCUT2D eigenvalue weighted by Gasteiger charge is -2.05. The summed E-state index contributed by atoms with van der Waals surface area (Å²) in [6.07, 6.45) is 2.07. The molecule has 2 rings (SSSR count). The zero-order chi connectivity index (χ0) is 13.5. The van der Waals surface area contributed by atoms with Gasteiger partial charge in [0.1, 0.15) is 5.75 Å². The molecule has 98 valence electrons. The maximum absolute atomic E-state index is 11.8. The third-order valence-corrected chi connectivity index (χ3v) is 2.72. The normalized spacial score (nSPS) is 9.95. The molecule has 0 spiro atoms. The van der Waals surface area contributed by atoms with E-state index >= 15 is 0 Å². The second-order valence-corrected chi connectivity index (χ2v) is 4.12. The molecule has 0 fully saturated rings. The molecule has 1 heterocycles. The van der Waals surface area contributed by atoms with Crippen molar-refractivity contribution in [2.45, 2.75) is 13.0 Å². The monoisotopic (exact) mass is 256 g/mol. The van der Waals surface area contributed by atoms with Crippen LogP contribution in [0.25, 0.3) is 0 Å². The van der Waals surface area contributed by atoms with Gasteiger partial charge in [-0.1, -0.05) is 18.2 Å². The van der Waals surface area contributed by atoms with Gasteiger partial charge in [-0.15, -0.1) is 0 Å². The zero-order valence-electron chi connectivity index (χ0n) is 10.8. The van der Waals surface area contributed by atoms with Crippen LogP contribution in [-0.4, -0.2) is 18.0 Å². The standard InChI is InChI=1S/C15H16N2O2/c1-19-14-7-5-12(6-8-14)10-15(18)17-11-13-4-2-3-9-16-13/h2-9H,10-11H2,1H3,(H,17,18). The maximum Gasteiger partial charge on any atom is 0.224 e. The van der Waals surface area contributed by atoms with Crippen LogP contribution >= 0.6 is 0 Å². The molecule has 0 atom stereocenters. The molecule has 1 amide bonds. The van der Waals surface area contributed by atoms with Gasteiger partial charge in [-0.2, -0.15) is 0 Å². The lowest BCUT2D eigenvalue weighted by Crippen LogP contribution is -2.24. The number of ether oxygens (including phenoxy) is 1. The molecule has 1 aromatic carbocycles. The van der Waals surface area contributed by atoms with Crippen molar-refractivity contribution >= 4 is 5.91 Å². The van der Waals surface area contributed by atoms with E-state index < -0.39 is 0 Å². The first-order valence-corrected chi connectivity index (χ1v) is 6.07. The number of methoxy groups -OCH3 is 1. The first-order chi connectivity index (χ1) is 9.28. The number of hydrogen-bond acceptors (Lipinski definition) is 3. The predicted octanol–water partition coefficient (Wildman–Crippen LogP) is 1.95. The van der Waals surface area contributed by atoms with Crippen LogP contribution in [0.4, 0.5) is 0 Å². The molecule has 4 heteroatoms. The molecule has 0 aliphatic carbocycles. The molecular weight excluding hydrogens is 240 g/mol. The molecule has 19 heavy (non-hydrogen) atoms. The Balaban J connectivity index is 1.83. The molecule has 1 aromatic heterocycles. The Kier molecular flexibility index (Phi) is 4.50. The maximum atomic E-state index is 11.8. The molecule has 0 unspecified atom stereocenters. The highest BCUT2D eigenvalue weighted by Gasteiger charge is 2.03. The van der Waals surface area contributed by atoms with Crippen LogP contribution in [0, 0.1) is 0 Å². The quantitative estimate of drug-likeness (QED) is 0.889. The number of rotatable bonds is 5. The number of carbonyl (C=O) groups is 1. The van der Waals surface area contributed by atoms with E-state index in [1.165, 1.54) is 0 Å². The van der Waals surface area contributed by atoms with Crippen molar-refractivity contribution < 1.29 is 9.53 Å². The predicted molar refractivity (Wildman–Crippen MR) is 72.8 cm³/mol. The van der Waals surface area contributed by atoms with Crippen LogP contribution < -0.4 is 10.1 Å². The van der Waals surface area contributed by atoms with E-state index in [2.05, 4.69) is 10.3 Å². The van der Waals surface area contributed by atoms with E-state index in [4.69, 9.17) is 4.74 Å². The molecule has 0 aliphatic rings. The fourth-order valence-electron chi connectivity index (χ4n) is 1.68. The van der Waals surface area contributed by atoms with E-state index in [-0.39, 0.29) is 5.91 Å². The Labute approximate surface area is 112 Å². The first-order valence-electron chi connectivity index (χ1n) is 6.07. The molecule has 0 saturated carbocycles. The molecule has 2 aromatic rings. The van der Waals surface area contributed by atoms with Gasteiger partial charge in [0.05, 0.1) is 25.8 Å². The second-order valence-electron chi connectivity index (χ2n) is 4.12.